The van der Waals surface area contributed by atoms with Crippen LogP contribution in [0.1, 0.15) is 29.1 Å². The quantitative estimate of drug-likeness (QED) is 0.809. The van der Waals surface area contributed by atoms with Crippen molar-refractivity contribution >= 4 is 33.3 Å². The van der Waals surface area contributed by atoms with Crippen molar-refractivity contribution in [1.82, 2.24) is 14.9 Å². The summed E-state index contributed by atoms with van der Waals surface area (Å²) in [6.07, 6.45) is 4.84. The van der Waals surface area contributed by atoms with Gasteiger partial charge in [0.2, 0.25) is 5.91 Å². The third-order valence-corrected chi connectivity index (χ3v) is 6.95. The average Bonchev–Trinajstić information content (AvgIpc) is 2.99. The molecule has 3 aliphatic rings. The molecule has 5 rings (SSSR count). The minimum absolute atomic E-state index is 0.0906. The van der Waals surface area contributed by atoms with Gasteiger partial charge in [-0.2, -0.15) is 0 Å². The summed E-state index contributed by atoms with van der Waals surface area (Å²) in [5.41, 5.74) is 1.47. The van der Waals surface area contributed by atoms with Crippen LogP contribution in [0.5, 0.6) is 0 Å². The monoisotopic (exact) mass is 372 g/mol. The number of morpholine rings is 1. The van der Waals surface area contributed by atoms with Gasteiger partial charge < -0.3 is 14.5 Å². The first-order chi connectivity index (χ1) is 12.7. The van der Waals surface area contributed by atoms with E-state index >= 15 is 0 Å². The van der Waals surface area contributed by atoms with Crippen molar-refractivity contribution in [2.45, 2.75) is 32.6 Å². The molecule has 0 bridgehead atoms. The summed E-state index contributed by atoms with van der Waals surface area (Å²) in [5.74, 6) is 2.25. The van der Waals surface area contributed by atoms with E-state index in [2.05, 4.69) is 4.90 Å². The highest BCUT2D eigenvalue weighted by Crippen LogP contribution is 2.41. The molecule has 138 valence electrons. The third-order valence-electron chi connectivity index (χ3n) is 5.76. The lowest BCUT2D eigenvalue weighted by Crippen LogP contribution is -2.56. The largest absolute Gasteiger partial charge is 0.378 e. The maximum Gasteiger partial charge on any atom is 0.229 e. The number of aryl methyl sites for hydroxylation is 3. The number of aromatic nitrogens is 2. The van der Waals surface area contributed by atoms with Crippen molar-refractivity contribution in [3.8, 4) is 0 Å². The second-order valence-electron chi connectivity index (χ2n) is 7.53. The van der Waals surface area contributed by atoms with Crippen LogP contribution < -0.4 is 4.90 Å². The molecule has 0 spiro atoms. The van der Waals surface area contributed by atoms with E-state index in [4.69, 9.17) is 14.7 Å². The number of hydrogen-bond acceptors (Lipinski definition) is 6. The Bertz CT molecular complexity index is 853. The molecule has 2 aromatic heterocycles. The molecule has 0 radical (unpaired) electrons. The van der Waals surface area contributed by atoms with Gasteiger partial charge in [-0.05, 0) is 38.2 Å². The number of ether oxygens (including phenoxy) is 1. The zero-order valence-electron chi connectivity index (χ0n) is 15.2. The van der Waals surface area contributed by atoms with Crippen LogP contribution in [0.2, 0.25) is 0 Å². The van der Waals surface area contributed by atoms with Gasteiger partial charge in [0, 0.05) is 31.1 Å². The fourth-order valence-electron chi connectivity index (χ4n) is 4.32. The van der Waals surface area contributed by atoms with Crippen LogP contribution in [-0.4, -0.2) is 60.2 Å². The standard InChI is InChI=1S/C19H24N4O2S/c1-12-20-17(16-14-4-2-3-5-15(14)26-18(16)21-12)23-10-13(11-23)19(24)22-6-8-25-9-7-22/h13H,2-11H2,1H3. The number of hydrogen-bond donors (Lipinski definition) is 0. The Morgan fingerprint density at radius 2 is 1.92 bits per heavy atom. The average molecular weight is 372 g/mol. The van der Waals surface area contributed by atoms with Gasteiger partial charge in [0.25, 0.3) is 0 Å². The Morgan fingerprint density at radius 1 is 1.15 bits per heavy atom. The Morgan fingerprint density at radius 3 is 2.73 bits per heavy atom. The van der Waals surface area contributed by atoms with Crippen LogP contribution in [0.15, 0.2) is 0 Å². The predicted octanol–water partition coefficient (Wildman–Crippen LogP) is 2.17. The molecule has 7 heteroatoms. The zero-order chi connectivity index (χ0) is 17.7. The first-order valence-electron chi connectivity index (χ1n) is 9.61. The van der Waals surface area contributed by atoms with Gasteiger partial charge in [-0.3, -0.25) is 4.79 Å². The molecular weight excluding hydrogens is 348 g/mol. The van der Waals surface area contributed by atoms with E-state index in [-0.39, 0.29) is 11.8 Å². The molecule has 2 saturated heterocycles. The molecule has 6 nitrogen and oxygen atoms in total. The second kappa shape index (κ2) is 6.46. The molecule has 0 aromatic carbocycles. The summed E-state index contributed by atoms with van der Waals surface area (Å²) in [6.45, 7) is 6.29. The maximum absolute atomic E-state index is 12.7. The molecule has 1 amide bonds. The minimum atomic E-state index is 0.0906. The molecule has 1 aliphatic carbocycles. The van der Waals surface area contributed by atoms with Gasteiger partial charge in [-0.25, -0.2) is 9.97 Å². The smallest absolute Gasteiger partial charge is 0.229 e. The lowest BCUT2D eigenvalue weighted by molar-refractivity contribution is -0.140. The number of carbonyl (C=O) groups excluding carboxylic acids is 1. The minimum Gasteiger partial charge on any atom is -0.378 e. The number of anilines is 1. The molecule has 4 heterocycles. The van der Waals surface area contributed by atoms with Crippen LogP contribution in [0, 0.1) is 12.8 Å². The van der Waals surface area contributed by atoms with E-state index in [0.717, 1.165) is 49.1 Å². The fourth-order valence-corrected chi connectivity index (χ4v) is 5.62. The number of amides is 1. The molecule has 0 saturated carbocycles. The number of fused-ring (bicyclic) bond motifs is 3. The maximum atomic E-state index is 12.7. The van der Waals surface area contributed by atoms with E-state index in [0.29, 0.717) is 13.2 Å². The molecule has 0 unspecified atom stereocenters. The summed E-state index contributed by atoms with van der Waals surface area (Å²) in [4.78, 5) is 29.0. The molecule has 2 fully saturated rings. The highest BCUT2D eigenvalue weighted by molar-refractivity contribution is 7.19. The first kappa shape index (κ1) is 16.4. The Labute approximate surface area is 157 Å². The third kappa shape index (κ3) is 2.68. The lowest BCUT2D eigenvalue weighted by atomic mass is 9.94. The molecule has 2 aromatic rings. The topological polar surface area (TPSA) is 58.6 Å². The van der Waals surface area contributed by atoms with Crippen molar-refractivity contribution < 1.29 is 9.53 Å². The summed E-state index contributed by atoms with van der Waals surface area (Å²) in [7, 11) is 0. The van der Waals surface area contributed by atoms with Crippen molar-refractivity contribution in [1.29, 1.82) is 0 Å². The van der Waals surface area contributed by atoms with E-state index in [1.54, 1.807) is 0 Å². The summed E-state index contributed by atoms with van der Waals surface area (Å²) < 4.78 is 5.36. The second-order valence-corrected chi connectivity index (χ2v) is 8.61. The van der Waals surface area contributed by atoms with Gasteiger partial charge in [0.15, 0.2) is 0 Å². The molecule has 0 N–H and O–H groups in total. The van der Waals surface area contributed by atoms with Gasteiger partial charge in [-0.1, -0.05) is 0 Å². The summed E-state index contributed by atoms with van der Waals surface area (Å²) >= 11 is 1.84. The summed E-state index contributed by atoms with van der Waals surface area (Å²) in [5, 5.41) is 1.26. The van der Waals surface area contributed by atoms with Crippen molar-refractivity contribution in [2.24, 2.45) is 5.92 Å². The normalized spacial score (nSPS) is 21.0. The number of rotatable bonds is 2. The Balaban J connectivity index is 1.40. The van der Waals surface area contributed by atoms with Crippen LogP contribution in [0.3, 0.4) is 0 Å². The Kier molecular flexibility index (Phi) is 4.09. The highest BCUT2D eigenvalue weighted by Gasteiger charge is 2.38. The van der Waals surface area contributed by atoms with Gasteiger partial charge in [-0.15, -0.1) is 11.3 Å². The number of thiophene rings is 1. The van der Waals surface area contributed by atoms with Gasteiger partial charge in [0.05, 0.1) is 24.5 Å². The lowest BCUT2D eigenvalue weighted by Gasteiger charge is -2.42. The van der Waals surface area contributed by atoms with Crippen molar-refractivity contribution in [3.05, 3.63) is 16.3 Å². The van der Waals surface area contributed by atoms with Gasteiger partial charge in [0.1, 0.15) is 16.5 Å². The van der Waals surface area contributed by atoms with E-state index in [1.165, 1.54) is 35.1 Å². The van der Waals surface area contributed by atoms with E-state index in [9.17, 15) is 4.79 Å². The molecule has 26 heavy (non-hydrogen) atoms. The molecule has 2 aliphatic heterocycles. The van der Waals surface area contributed by atoms with Gasteiger partial charge >= 0.3 is 0 Å². The van der Waals surface area contributed by atoms with Crippen LogP contribution in [0.4, 0.5) is 5.82 Å². The van der Waals surface area contributed by atoms with Crippen LogP contribution in [-0.2, 0) is 22.4 Å². The fraction of sp³-hybridized carbons (Fsp3) is 0.632. The van der Waals surface area contributed by atoms with Crippen molar-refractivity contribution in [2.75, 3.05) is 44.3 Å². The van der Waals surface area contributed by atoms with E-state index < -0.39 is 0 Å². The molecular formula is C19H24N4O2S. The Hall–Kier alpha value is -1.73. The van der Waals surface area contributed by atoms with Crippen LogP contribution in [0.25, 0.3) is 10.2 Å². The summed E-state index contributed by atoms with van der Waals surface area (Å²) in [6, 6.07) is 0. The molecule has 0 atom stereocenters. The SMILES string of the molecule is Cc1nc(N2CC(C(=O)N3CCOCC3)C2)c2c3c(sc2n1)CCCC3. The zero-order valence-corrected chi connectivity index (χ0v) is 16.0. The number of carbonyl (C=O) groups is 1. The first-order valence-corrected chi connectivity index (χ1v) is 10.4. The van der Waals surface area contributed by atoms with Crippen LogP contribution >= 0.6 is 11.3 Å². The predicted molar refractivity (Wildman–Crippen MR) is 102 cm³/mol. The highest BCUT2D eigenvalue weighted by atomic mass is 32.1. The van der Waals surface area contributed by atoms with Crippen molar-refractivity contribution in [3.63, 3.8) is 0 Å². The number of nitrogens with zero attached hydrogens (tertiary/aromatic N) is 4. The van der Waals surface area contributed by atoms with E-state index in [1.807, 2.05) is 23.2 Å².